The molecule has 0 N–H and O–H groups in total. The van der Waals surface area contributed by atoms with E-state index in [-0.39, 0.29) is 5.82 Å². The van der Waals surface area contributed by atoms with E-state index in [1.54, 1.807) is 12.1 Å². The van der Waals surface area contributed by atoms with Crippen LogP contribution in [0.2, 0.25) is 5.02 Å². The van der Waals surface area contributed by atoms with E-state index in [1.807, 2.05) is 7.05 Å². The largest absolute Gasteiger partial charge is 0.299 e. The molecule has 0 spiro atoms. The lowest BCUT2D eigenvalue weighted by Crippen LogP contribution is -2.37. The summed E-state index contributed by atoms with van der Waals surface area (Å²) in [7, 11) is 1.34. The predicted octanol–water partition coefficient (Wildman–Crippen LogP) is 2.82. The van der Waals surface area contributed by atoms with Gasteiger partial charge in [0.1, 0.15) is 5.82 Å². The zero-order chi connectivity index (χ0) is 13.1. The molecule has 1 heterocycles. The summed E-state index contributed by atoms with van der Waals surface area (Å²) in [6.45, 7) is 0.570. The van der Waals surface area contributed by atoms with Crippen molar-refractivity contribution in [3.63, 3.8) is 0 Å². The molecule has 0 amide bonds. The van der Waals surface area contributed by atoms with Crippen LogP contribution < -0.4 is 0 Å². The smallest absolute Gasteiger partial charge is 0.129 e. The van der Waals surface area contributed by atoms with Crippen molar-refractivity contribution in [1.29, 1.82) is 0 Å². The molecule has 0 radical (unpaired) electrons. The highest BCUT2D eigenvalue weighted by atomic mass is 35.5. The van der Waals surface area contributed by atoms with Crippen molar-refractivity contribution in [2.24, 2.45) is 0 Å². The van der Waals surface area contributed by atoms with Gasteiger partial charge in [0.2, 0.25) is 0 Å². The maximum atomic E-state index is 13.7. The highest BCUT2D eigenvalue weighted by Crippen LogP contribution is 2.20. The topological polar surface area (TPSA) is 20.3 Å². The van der Waals surface area contributed by atoms with Gasteiger partial charge in [-0.1, -0.05) is 17.7 Å². The van der Waals surface area contributed by atoms with E-state index in [2.05, 4.69) is 4.90 Å². The molecule has 0 atom stereocenters. The normalized spacial score (nSPS) is 24.4. The summed E-state index contributed by atoms with van der Waals surface area (Å²) < 4.78 is 25.0. The van der Waals surface area contributed by atoms with Crippen LogP contribution in [0.15, 0.2) is 18.2 Å². The molecular formula is C13H17ClFNOS. The monoisotopic (exact) mass is 289 g/mol. The molecule has 1 aromatic carbocycles. The van der Waals surface area contributed by atoms with Crippen LogP contribution in [0, 0.1) is 5.82 Å². The molecule has 18 heavy (non-hydrogen) atoms. The van der Waals surface area contributed by atoms with Crippen LogP contribution >= 0.6 is 11.6 Å². The van der Waals surface area contributed by atoms with Crippen LogP contribution in [0.1, 0.15) is 18.4 Å². The number of nitrogens with zero attached hydrogens (tertiary/aromatic N) is 1. The highest BCUT2D eigenvalue weighted by Gasteiger charge is 2.22. The molecule has 100 valence electrons. The third kappa shape index (κ3) is 3.53. The quantitative estimate of drug-likeness (QED) is 0.853. The Morgan fingerprint density at radius 1 is 1.44 bits per heavy atom. The maximum Gasteiger partial charge on any atom is 0.129 e. The lowest BCUT2D eigenvalue weighted by Gasteiger charge is -2.30. The lowest BCUT2D eigenvalue weighted by atomic mass is 10.1. The van der Waals surface area contributed by atoms with Gasteiger partial charge >= 0.3 is 0 Å². The van der Waals surface area contributed by atoms with E-state index < -0.39 is 10.8 Å². The fourth-order valence-electron chi connectivity index (χ4n) is 2.27. The summed E-state index contributed by atoms with van der Waals surface area (Å²) >= 11 is 5.73. The molecule has 0 aliphatic carbocycles. The van der Waals surface area contributed by atoms with Crippen LogP contribution in [0.3, 0.4) is 0 Å². The van der Waals surface area contributed by atoms with Gasteiger partial charge in [-0.3, -0.25) is 9.11 Å². The van der Waals surface area contributed by atoms with Crippen molar-refractivity contribution in [2.75, 3.05) is 18.6 Å². The molecule has 1 saturated heterocycles. The van der Waals surface area contributed by atoms with E-state index in [1.165, 1.54) is 6.07 Å². The Labute approximate surface area is 115 Å². The number of halogens is 2. The first-order valence-corrected chi connectivity index (χ1v) is 7.92. The zero-order valence-corrected chi connectivity index (χ0v) is 11.9. The predicted molar refractivity (Wildman–Crippen MR) is 73.8 cm³/mol. The van der Waals surface area contributed by atoms with Crippen LogP contribution in [0.5, 0.6) is 0 Å². The summed E-state index contributed by atoms with van der Waals surface area (Å²) in [5, 5.41) is 0.423. The molecule has 2 nitrogen and oxygen atoms in total. The average Bonchev–Trinajstić information content (AvgIpc) is 2.33. The van der Waals surface area contributed by atoms with E-state index in [9.17, 15) is 8.60 Å². The van der Waals surface area contributed by atoms with Gasteiger partial charge in [0, 0.05) is 45.5 Å². The van der Waals surface area contributed by atoms with Crippen LogP contribution in [0.4, 0.5) is 4.39 Å². The van der Waals surface area contributed by atoms with Crippen LogP contribution in [0.25, 0.3) is 0 Å². The van der Waals surface area contributed by atoms with Gasteiger partial charge in [0.05, 0.1) is 0 Å². The molecule has 0 bridgehead atoms. The summed E-state index contributed by atoms with van der Waals surface area (Å²) in [5.74, 6) is 1.27. The second-order valence-electron chi connectivity index (χ2n) is 4.73. The molecule has 0 unspecified atom stereocenters. The van der Waals surface area contributed by atoms with Gasteiger partial charge in [-0.25, -0.2) is 4.39 Å². The molecule has 1 aliphatic heterocycles. The van der Waals surface area contributed by atoms with Gasteiger partial charge in [-0.2, -0.15) is 0 Å². The first-order chi connectivity index (χ1) is 8.56. The van der Waals surface area contributed by atoms with E-state index in [0.717, 1.165) is 24.3 Å². The van der Waals surface area contributed by atoms with E-state index >= 15 is 0 Å². The number of hydrogen-bond acceptors (Lipinski definition) is 2. The molecule has 5 heteroatoms. The average molecular weight is 290 g/mol. The third-order valence-corrected chi connectivity index (χ3v) is 5.03. The van der Waals surface area contributed by atoms with Gasteiger partial charge in [-0.05, 0) is 32.0 Å². The van der Waals surface area contributed by atoms with Crippen molar-refractivity contribution in [2.45, 2.75) is 25.4 Å². The Morgan fingerprint density at radius 3 is 2.72 bits per heavy atom. The molecule has 1 aromatic rings. The van der Waals surface area contributed by atoms with Crippen LogP contribution in [-0.2, 0) is 17.3 Å². The van der Waals surface area contributed by atoms with Gasteiger partial charge in [-0.15, -0.1) is 0 Å². The summed E-state index contributed by atoms with van der Waals surface area (Å²) in [6, 6.07) is 5.19. The Morgan fingerprint density at radius 2 is 2.11 bits per heavy atom. The van der Waals surface area contributed by atoms with Crippen molar-refractivity contribution in [3.05, 3.63) is 34.6 Å². The maximum absolute atomic E-state index is 13.7. The Kier molecular flexibility index (Phi) is 4.76. The third-order valence-electron chi connectivity index (χ3n) is 3.42. The van der Waals surface area contributed by atoms with Gasteiger partial charge in [0.15, 0.2) is 0 Å². The summed E-state index contributed by atoms with van der Waals surface area (Å²) in [5.41, 5.74) is 0.661. The first kappa shape index (κ1) is 14.0. The molecule has 1 aliphatic rings. The fourth-order valence-corrected chi connectivity index (χ4v) is 3.70. The Hall–Kier alpha value is -0.450. The van der Waals surface area contributed by atoms with Crippen molar-refractivity contribution >= 4 is 22.4 Å². The minimum Gasteiger partial charge on any atom is -0.299 e. The Bertz CT molecular complexity index is 445. The van der Waals surface area contributed by atoms with E-state index in [4.69, 9.17) is 11.6 Å². The first-order valence-electron chi connectivity index (χ1n) is 6.05. The number of hydrogen-bond donors (Lipinski definition) is 0. The lowest BCUT2D eigenvalue weighted by molar-refractivity contribution is 0.217. The second kappa shape index (κ2) is 6.13. The SMILES string of the molecule is CN(Cc1ccc(Cl)cc1F)C1CCS(=O)CC1. The van der Waals surface area contributed by atoms with Crippen molar-refractivity contribution < 1.29 is 8.60 Å². The minimum absolute atomic E-state index is 0.256. The number of benzene rings is 1. The standard InChI is InChI=1S/C13H17ClFNOS/c1-16(12-4-6-18(17)7-5-12)9-10-2-3-11(14)8-13(10)15/h2-3,8,12H,4-7,9H2,1H3. The van der Waals surface area contributed by atoms with Crippen LogP contribution in [-0.4, -0.2) is 33.7 Å². The zero-order valence-electron chi connectivity index (χ0n) is 10.4. The Balaban J connectivity index is 1.98. The fraction of sp³-hybridized carbons (Fsp3) is 0.538. The molecular weight excluding hydrogens is 273 g/mol. The molecule has 2 rings (SSSR count). The van der Waals surface area contributed by atoms with Gasteiger partial charge in [0.25, 0.3) is 0 Å². The molecule has 1 fully saturated rings. The molecule has 0 saturated carbocycles. The second-order valence-corrected chi connectivity index (χ2v) is 6.86. The van der Waals surface area contributed by atoms with Crippen molar-refractivity contribution in [3.8, 4) is 0 Å². The van der Waals surface area contributed by atoms with Gasteiger partial charge < -0.3 is 0 Å². The van der Waals surface area contributed by atoms with E-state index in [0.29, 0.717) is 23.2 Å². The summed E-state index contributed by atoms with van der Waals surface area (Å²) in [6.07, 6.45) is 1.86. The minimum atomic E-state index is -0.650. The highest BCUT2D eigenvalue weighted by molar-refractivity contribution is 7.85. The molecule has 0 aromatic heterocycles. The number of rotatable bonds is 3. The summed E-state index contributed by atoms with van der Waals surface area (Å²) in [4.78, 5) is 2.14. The van der Waals surface area contributed by atoms with Crippen molar-refractivity contribution in [1.82, 2.24) is 4.90 Å².